The van der Waals surface area contributed by atoms with Crippen LogP contribution in [0.4, 0.5) is 8.78 Å². The van der Waals surface area contributed by atoms with Gasteiger partial charge in [-0.2, -0.15) is 8.78 Å². The van der Waals surface area contributed by atoms with Crippen molar-refractivity contribution in [3.05, 3.63) is 89.5 Å². The predicted molar refractivity (Wildman–Crippen MR) is 135 cm³/mol. The Bertz CT molecular complexity index is 1360. The molecule has 1 saturated heterocycles. The summed E-state index contributed by atoms with van der Waals surface area (Å²) in [4.78, 5) is 25.1. The fourth-order valence-electron chi connectivity index (χ4n) is 4.33. The number of carbonyl (C=O) groups excluding carboxylic acids is 1. The van der Waals surface area contributed by atoms with E-state index in [4.69, 9.17) is 4.74 Å². The van der Waals surface area contributed by atoms with Gasteiger partial charge in [0, 0.05) is 17.0 Å². The molecule has 3 aromatic carbocycles. The average Bonchev–Trinajstić information content (AvgIpc) is 3.65. The number of hydrogen-bond acceptors (Lipinski definition) is 4. The van der Waals surface area contributed by atoms with E-state index in [0.717, 1.165) is 5.39 Å². The Morgan fingerprint density at radius 1 is 1.08 bits per heavy atom. The number of ketones is 1. The number of benzene rings is 3. The highest BCUT2D eigenvalue weighted by atomic mass is 19.3. The Balaban J connectivity index is 1.71. The molecule has 1 aliphatic rings. The maximum atomic E-state index is 14.6. The Labute approximate surface area is 208 Å². The number of Topliss-reactive ketones (excluding diaryl/α,β-unsaturated/α-hetero) is 1. The Hall–Kier alpha value is -3.58. The zero-order chi connectivity index (χ0) is 26.4. The fraction of sp³-hybridized carbons (Fsp3) is 0.310. The van der Waals surface area contributed by atoms with Gasteiger partial charge in [-0.05, 0) is 56.4 Å². The van der Waals surface area contributed by atoms with Crippen LogP contribution in [0.2, 0.25) is 0 Å². The summed E-state index contributed by atoms with van der Waals surface area (Å²) in [6, 6.07) is 15.7. The van der Waals surface area contributed by atoms with Crippen LogP contribution in [-0.4, -0.2) is 28.9 Å². The molecular formula is C29H29F2NO4. The topological polar surface area (TPSA) is 85.5 Å². The van der Waals surface area contributed by atoms with E-state index in [-0.39, 0.29) is 16.9 Å². The van der Waals surface area contributed by atoms with Crippen molar-refractivity contribution < 1.29 is 28.2 Å². The van der Waals surface area contributed by atoms with Crippen LogP contribution < -0.4 is 10.1 Å². The summed E-state index contributed by atoms with van der Waals surface area (Å²) in [6.45, 7) is 9.58. The van der Waals surface area contributed by atoms with Crippen LogP contribution in [0.5, 0.6) is 5.75 Å². The maximum Gasteiger partial charge on any atom is 0.310 e. The van der Waals surface area contributed by atoms with Gasteiger partial charge in [0.05, 0.1) is 17.0 Å². The molecule has 1 fully saturated rings. The lowest BCUT2D eigenvalue weighted by Gasteiger charge is -2.22. The van der Waals surface area contributed by atoms with E-state index in [9.17, 15) is 23.5 Å². The fourth-order valence-corrected chi connectivity index (χ4v) is 4.33. The molecule has 0 aromatic heterocycles. The van der Waals surface area contributed by atoms with Crippen molar-refractivity contribution in [2.24, 2.45) is 5.41 Å². The molecule has 0 amide bonds. The van der Waals surface area contributed by atoms with Crippen molar-refractivity contribution in [2.75, 3.05) is 0 Å². The minimum atomic E-state index is -3.18. The second kappa shape index (κ2) is 9.13. The number of rotatable bonds is 9. The zero-order valence-corrected chi connectivity index (χ0v) is 20.6. The first-order valence-corrected chi connectivity index (χ1v) is 11.7. The number of allylic oxidation sites excluding steroid dienone is 1. The van der Waals surface area contributed by atoms with Gasteiger partial charge in [0.25, 0.3) is 5.92 Å². The molecule has 7 heteroatoms. The smallest absolute Gasteiger partial charge is 0.310 e. The van der Waals surface area contributed by atoms with Crippen LogP contribution in [0.1, 0.15) is 55.3 Å². The van der Waals surface area contributed by atoms with Crippen LogP contribution in [0.25, 0.3) is 10.8 Å². The molecule has 5 nitrogen and oxygen atoms in total. The molecule has 1 aliphatic heterocycles. The van der Waals surface area contributed by atoms with Gasteiger partial charge in [-0.1, -0.05) is 55.1 Å². The minimum Gasteiger partial charge on any atom is -0.485 e. The summed E-state index contributed by atoms with van der Waals surface area (Å²) >= 11 is 0. The number of carbonyl (C=O) groups is 2. The number of alkyl halides is 2. The molecule has 4 rings (SSSR count). The molecule has 36 heavy (non-hydrogen) atoms. The number of aliphatic carboxylic acids is 1. The summed E-state index contributed by atoms with van der Waals surface area (Å²) in [5.41, 5.74) is -0.733. The van der Waals surface area contributed by atoms with Crippen LogP contribution in [-0.2, 0) is 10.7 Å². The van der Waals surface area contributed by atoms with Gasteiger partial charge in [-0.15, -0.1) is 0 Å². The largest absolute Gasteiger partial charge is 0.485 e. The van der Waals surface area contributed by atoms with Crippen LogP contribution in [0.15, 0.2) is 72.8 Å². The lowest BCUT2D eigenvalue weighted by molar-refractivity contribution is -0.146. The highest BCUT2D eigenvalue weighted by Crippen LogP contribution is 2.40. The van der Waals surface area contributed by atoms with Crippen molar-refractivity contribution in [2.45, 2.75) is 51.8 Å². The molecular weight excluding hydrogens is 464 g/mol. The van der Waals surface area contributed by atoms with E-state index in [1.54, 1.807) is 39.0 Å². The average molecular weight is 494 g/mol. The summed E-state index contributed by atoms with van der Waals surface area (Å²) in [5, 5.41) is 14.1. The van der Waals surface area contributed by atoms with E-state index in [1.165, 1.54) is 19.1 Å². The quantitative estimate of drug-likeness (QED) is 0.208. The molecule has 1 heterocycles. The summed E-state index contributed by atoms with van der Waals surface area (Å²) in [6.07, 6.45) is -0.651. The van der Waals surface area contributed by atoms with Crippen molar-refractivity contribution in [1.29, 1.82) is 0 Å². The number of hydrogen-bond donors (Lipinski definition) is 2. The number of fused-ring (bicyclic) bond motifs is 1. The Kier molecular flexibility index (Phi) is 6.47. The van der Waals surface area contributed by atoms with E-state index in [1.807, 2.05) is 30.3 Å². The number of ether oxygens (including phenoxy) is 1. The number of nitrogens with one attached hydrogen (secondary N) is 1. The standard InChI is InChI=1S/C29H29F2NO4/c1-16(2)29(30,31)20-11-8-10-19(15-20)17(3)36-25-21-12-7-6-9-18(21)13-14-22(25)24(33)23-26(32-23)28(4,5)27(34)35/h6-15,17,23,26,32H,1H2,2-5H3,(H,34,35). The van der Waals surface area contributed by atoms with Gasteiger partial charge < -0.3 is 9.84 Å². The highest BCUT2D eigenvalue weighted by Gasteiger charge is 2.55. The van der Waals surface area contributed by atoms with Gasteiger partial charge in [0.1, 0.15) is 11.9 Å². The van der Waals surface area contributed by atoms with Gasteiger partial charge >= 0.3 is 5.97 Å². The molecule has 0 radical (unpaired) electrons. The summed E-state index contributed by atoms with van der Waals surface area (Å²) in [7, 11) is 0. The molecule has 3 aromatic rings. The van der Waals surface area contributed by atoms with Crippen molar-refractivity contribution in [3.63, 3.8) is 0 Å². The third-order valence-electron chi connectivity index (χ3n) is 6.89. The lowest BCUT2D eigenvalue weighted by Crippen LogP contribution is -2.33. The molecule has 2 N–H and O–H groups in total. The molecule has 0 bridgehead atoms. The van der Waals surface area contributed by atoms with E-state index in [2.05, 4.69) is 11.9 Å². The van der Waals surface area contributed by atoms with Crippen molar-refractivity contribution in [1.82, 2.24) is 5.32 Å². The Morgan fingerprint density at radius 2 is 1.78 bits per heavy atom. The first-order valence-electron chi connectivity index (χ1n) is 11.7. The molecule has 188 valence electrons. The van der Waals surface area contributed by atoms with Crippen LogP contribution >= 0.6 is 0 Å². The third kappa shape index (κ3) is 4.51. The number of carboxylic acid groups (broad SMARTS) is 1. The Morgan fingerprint density at radius 3 is 2.44 bits per heavy atom. The molecule has 3 atom stereocenters. The second-order valence-corrected chi connectivity index (χ2v) is 9.92. The lowest BCUT2D eigenvalue weighted by atomic mass is 9.85. The van der Waals surface area contributed by atoms with Crippen molar-refractivity contribution in [3.8, 4) is 5.75 Å². The van der Waals surface area contributed by atoms with E-state index in [0.29, 0.717) is 22.3 Å². The third-order valence-corrected chi connectivity index (χ3v) is 6.89. The highest BCUT2D eigenvalue weighted by molar-refractivity contribution is 6.09. The van der Waals surface area contributed by atoms with Crippen LogP contribution in [0.3, 0.4) is 0 Å². The number of carboxylic acids is 1. The minimum absolute atomic E-state index is 0.182. The summed E-state index contributed by atoms with van der Waals surface area (Å²) < 4.78 is 35.5. The first-order chi connectivity index (χ1) is 16.9. The second-order valence-electron chi connectivity index (χ2n) is 9.92. The first kappa shape index (κ1) is 25.5. The molecule has 0 aliphatic carbocycles. The maximum absolute atomic E-state index is 14.6. The number of halogens is 2. The van der Waals surface area contributed by atoms with E-state index >= 15 is 0 Å². The summed E-state index contributed by atoms with van der Waals surface area (Å²) in [5.74, 6) is -4.11. The molecule has 0 saturated carbocycles. The zero-order valence-electron chi connectivity index (χ0n) is 20.6. The predicted octanol–water partition coefficient (Wildman–Crippen LogP) is 6.28. The van der Waals surface area contributed by atoms with E-state index < -0.39 is 35.5 Å². The SMILES string of the molecule is C=C(C)C(F)(F)c1cccc(C(C)Oc2c(C(=O)C3NC3C(C)(C)C(=O)O)ccc3ccccc23)c1. The monoisotopic (exact) mass is 493 g/mol. The van der Waals surface area contributed by atoms with Gasteiger partial charge in [-0.25, -0.2) is 0 Å². The molecule has 0 spiro atoms. The van der Waals surface area contributed by atoms with Gasteiger partial charge in [0.2, 0.25) is 0 Å². The van der Waals surface area contributed by atoms with Gasteiger partial charge in [0.15, 0.2) is 5.78 Å². The van der Waals surface area contributed by atoms with Crippen molar-refractivity contribution >= 4 is 22.5 Å². The van der Waals surface area contributed by atoms with Crippen LogP contribution in [0, 0.1) is 5.41 Å². The van der Waals surface area contributed by atoms with Gasteiger partial charge in [-0.3, -0.25) is 14.9 Å². The normalized spacial score (nSPS) is 18.5. The molecule has 3 unspecified atom stereocenters.